The molecule has 2 rings (SSSR count). The molecule has 2 heterocycles. The predicted octanol–water partition coefficient (Wildman–Crippen LogP) is 1.26. The molecule has 1 fully saturated rings. The second-order valence-corrected chi connectivity index (χ2v) is 4.81. The van der Waals surface area contributed by atoms with Gasteiger partial charge >= 0.3 is 0 Å². The van der Waals surface area contributed by atoms with Crippen LogP contribution >= 0.6 is 0 Å². The number of carbonyl (C=O) groups excluding carboxylic acids is 1. The number of hydrogen-bond donors (Lipinski definition) is 0. The molecule has 0 aliphatic carbocycles. The van der Waals surface area contributed by atoms with Crippen molar-refractivity contribution in [3.63, 3.8) is 0 Å². The predicted molar refractivity (Wildman–Crippen MR) is 66.0 cm³/mol. The molecule has 0 radical (unpaired) electrons. The maximum atomic E-state index is 12.2. The van der Waals surface area contributed by atoms with Crippen molar-refractivity contribution in [3.8, 4) is 0 Å². The molecule has 1 aromatic heterocycles. The van der Waals surface area contributed by atoms with Crippen LogP contribution in [0, 0.1) is 5.92 Å². The molecule has 0 spiro atoms. The Morgan fingerprint density at radius 1 is 1.35 bits per heavy atom. The second kappa shape index (κ2) is 4.73. The Labute approximate surface area is 101 Å². The molecule has 1 aliphatic rings. The zero-order valence-electron chi connectivity index (χ0n) is 10.3. The summed E-state index contributed by atoms with van der Waals surface area (Å²) in [4.78, 5) is 25.8. The molecule has 17 heavy (non-hydrogen) atoms. The molecule has 4 heteroatoms. The fraction of sp³-hybridized carbons (Fsp3) is 0.538. The number of aryl methyl sites for hydroxylation is 1. The van der Waals surface area contributed by atoms with E-state index in [2.05, 4.69) is 6.92 Å². The van der Waals surface area contributed by atoms with Gasteiger partial charge in [0.25, 0.3) is 11.5 Å². The molecule has 4 nitrogen and oxygen atoms in total. The molecule has 1 aromatic rings. The van der Waals surface area contributed by atoms with Crippen LogP contribution in [-0.4, -0.2) is 28.5 Å². The largest absolute Gasteiger partial charge is 0.338 e. The molecule has 0 bridgehead atoms. The van der Waals surface area contributed by atoms with Crippen molar-refractivity contribution in [2.24, 2.45) is 13.0 Å². The van der Waals surface area contributed by atoms with Crippen LogP contribution < -0.4 is 5.56 Å². The Morgan fingerprint density at radius 3 is 2.65 bits per heavy atom. The van der Waals surface area contributed by atoms with Gasteiger partial charge < -0.3 is 9.47 Å². The first-order valence-corrected chi connectivity index (χ1v) is 6.04. The van der Waals surface area contributed by atoms with E-state index < -0.39 is 0 Å². The average Bonchev–Trinajstić information content (AvgIpc) is 2.33. The van der Waals surface area contributed by atoms with Gasteiger partial charge in [-0.05, 0) is 30.9 Å². The van der Waals surface area contributed by atoms with Crippen molar-refractivity contribution in [1.82, 2.24) is 9.47 Å². The number of amides is 1. The number of aromatic nitrogens is 1. The molecular formula is C13H18N2O2. The number of likely N-dealkylation sites (tertiary alicyclic amines) is 1. The maximum absolute atomic E-state index is 12.2. The molecule has 92 valence electrons. The highest BCUT2D eigenvalue weighted by Crippen LogP contribution is 2.17. The minimum absolute atomic E-state index is 0.127. The molecule has 0 unspecified atom stereocenters. The van der Waals surface area contributed by atoms with E-state index in [4.69, 9.17) is 0 Å². The van der Waals surface area contributed by atoms with Gasteiger partial charge in [0.2, 0.25) is 0 Å². The van der Waals surface area contributed by atoms with Crippen LogP contribution in [0.1, 0.15) is 30.1 Å². The lowest BCUT2D eigenvalue weighted by atomic mass is 9.99. The van der Waals surface area contributed by atoms with Gasteiger partial charge in [-0.3, -0.25) is 9.59 Å². The van der Waals surface area contributed by atoms with Gasteiger partial charge in [-0.25, -0.2) is 0 Å². The van der Waals surface area contributed by atoms with Crippen LogP contribution in [0.15, 0.2) is 23.1 Å². The van der Waals surface area contributed by atoms with Gasteiger partial charge in [0, 0.05) is 26.3 Å². The van der Waals surface area contributed by atoms with Crippen molar-refractivity contribution in [1.29, 1.82) is 0 Å². The van der Waals surface area contributed by atoms with Gasteiger partial charge in [-0.2, -0.15) is 0 Å². The summed E-state index contributed by atoms with van der Waals surface area (Å²) in [6, 6.07) is 3.35. The number of hydrogen-bond acceptors (Lipinski definition) is 2. The van der Waals surface area contributed by atoms with Crippen LogP contribution in [-0.2, 0) is 7.05 Å². The van der Waals surface area contributed by atoms with Crippen molar-refractivity contribution in [3.05, 3.63) is 34.2 Å². The van der Waals surface area contributed by atoms with Crippen LogP contribution in [0.25, 0.3) is 0 Å². The quantitative estimate of drug-likeness (QED) is 0.734. The third-order valence-corrected chi connectivity index (χ3v) is 3.42. The number of nitrogens with zero attached hydrogens (tertiary/aromatic N) is 2. The Hall–Kier alpha value is -1.58. The highest BCUT2D eigenvalue weighted by atomic mass is 16.2. The zero-order valence-corrected chi connectivity index (χ0v) is 10.3. The van der Waals surface area contributed by atoms with Crippen molar-refractivity contribution >= 4 is 5.91 Å². The van der Waals surface area contributed by atoms with Gasteiger partial charge in [0.05, 0.1) is 0 Å². The van der Waals surface area contributed by atoms with E-state index in [1.165, 1.54) is 4.57 Å². The van der Waals surface area contributed by atoms with E-state index >= 15 is 0 Å². The Balaban J connectivity index is 2.20. The summed E-state index contributed by atoms with van der Waals surface area (Å²) < 4.78 is 1.44. The lowest BCUT2D eigenvalue weighted by Gasteiger charge is -2.30. The van der Waals surface area contributed by atoms with Crippen LogP contribution in [0.4, 0.5) is 0 Å². The van der Waals surface area contributed by atoms with Gasteiger partial charge in [0.15, 0.2) is 0 Å². The first kappa shape index (κ1) is 11.9. The molecule has 0 aromatic carbocycles. The van der Waals surface area contributed by atoms with E-state index in [9.17, 15) is 9.59 Å². The molecule has 0 N–H and O–H groups in total. The standard InChI is InChI=1S/C13H18N2O2/c1-10-5-8-15(9-6-10)13(17)11-4-3-7-14(2)12(11)16/h3-4,7,10H,5-6,8-9H2,1-2H3. The summed E-state index contributed by atoms with van der Waals surface area (Å²) in [6.07, 6.45) is 3.72. The Morgan fingerprint density at radius 2 is 2.00 bits per heavy atom. The van der Waals surface area contributed by atoms with E-state index in [1.54, 1.807) is 30.3 Å². The molecule has 0 saturated carbocycles. The lowest BCUT2D eigenvalue weighted by Crippen LogP contribution is -2.40. The summed E-state index contributed by atoms with van der Waals surface area (Å²) in [5.74, 6) is 0.552. The minimum Gasteiger partial charge on any atom is -0.338 e. The van der Waals surface area contributed by atoms with Crippen molar-refractivity contribution < 1.29 is 4.79 Å². The number of piperidine rings is 1. The third-order valence-electron chi connectivity index (χ3n) is 3.42. The SMILES string of the molecule is CC1CCN(C(=O)c2cccn(C)c2=O)CC1. The van der Waals surface area contributed by atoms with Gasteiger partial charge in [0.1, 0.15) is 5.56 Å². The topological polar surface area (TPSA) is 42.3 Å². The van der Waals surface area contributed by atoms with E-state index in [0.717, 1.165) is 25.9 Å². The van der Waals surface area contributed by atoms with Crippen molar-refractivity contribution in [2.75, 3.05) is 13.1 Å². The first-order valence-electron chi connectivity index (χ1n) is 6.04. The summed E-state index contributed by atoms with van der Waals surface area (Å²) in [7, 11) is 1.66. The molecule has 1 aliphatic heterocycles. The molecular weight excluding hydrogens is 216 g/mol. The summed E-state index contributed by atoms with van der Waals surface area (Å²) in [6.45, 7) is 3.72. The fourth-order valence-corrected chi connectivity index (χ4v) is 2.14. The Kier molecular flexibility index (Phi) is 3.31. The van der Waals surface area contributed by atoms with E-state index in [1.807, 2.05) is 0 Å². The van der Waals surface area contributed by atoms with E-state index in [-0.39, 0.29) is 17.0 Å². The lowest BCUT2D eigenvalue weighted by molar-refractivity contribution is 0.0695. The molecule has 1 saturated heterocycles. The maximum Gasteiger partial charge on any atom is 0.263 e. The number of carbonyl (C=O) groups is 1. The minimum atomic E-state index is -0.212. The number of rotatable bonds is 1. The Bertz CT molecular complexity index is 471. The molecule has 0 atom stereocenters. The van der Waals surface area contributed by atoms with Crippen LogP contribution in [0.5, 0.6) is 0 Å². The normalized spacial score (nSPS) is 17.2. The third kappa shape index (κ3) is 2.40. The average molecular weight is 234 g/mol. The van der Waals surface area contributed by atoms with Gasteiger partial charge in [-0.15, -0.1) is 0 Å². The van der Waals surface area contributed by atoms with Crippen LogP contribution in [0.3, 0.4) is 0 Å². The highest BCUT2D eigenvalue weighted by molar-refractivity contribution is 5.93. The summed E-state index contributed by atoms with van der Waals surface area (Å²) in [5, 5.41) is 0. The van der Waals surface area contributed by atoms with E-state index in [0.29, 0.717) is 5.92 Å². The van der Waals surface area contributed by atoms with Crippen LogP contribution in [0.2, 0.25) is 0 Å². The highest BCUT2D eigenvalue weighted by Gasteiger charge is 2.23. The monoisotopic (exact) mass is 234 g/mol. The summed E-state index contributed by atoms with van der Waals surface area (Å²) in [5.41, 5.74) is 0.0701. The zero-order chi connectivity index (χ0) is 12.4. The second-order valence-electron chi connectivity index (χ2n) is 4.81. The first-order chi connectivity index (χ1) is 8.09. The fourth-order valence-electron chi connectivity index (χ4n) is 2.14. The van der Waals surface area contributed by atoms with Crippen molar-refractivity contribution in [2.45, 2.75) is 19.8 Å². The molecule has 1 amide bonds. The van der Waals surface area contributed by atoms with Gasteiger partial charge in [-0.1, -0.05) is 6.92 Å². The summed E-state index contributed by atoms with van der Waals surface area (Å²) >= 11 is 0. The number of pyridine rings is 1. The smallest absolute Gasteiger partial charge is 0.263 e.